The van der Waals surface area contributed by atoms with Gasteiger partial charge in [-0.2, -0.15) is 0 Å². The minimum atomic E-state index is -1.01. The second-order valence-electron chi connectivity index (χ2n) is 3.22. The molecule has 0 heterocycles. The Morgan fingerprint density at radius 2 is 1.90 bits per heavy atom. The fraction of sp³-hybridized carbons (Fsp3) is 1.00. The maximum atomic E-state index is 12.8. The minimum Gasteiger partial charge on any atom is -0.317 e. The van der Waals surface area contributed by atoms with Crippen LogP contribution in [0.15, 0.2) is 0 Å². The van der Waals surface area contributed by atoms with Gasteiger partial charge in [0.1, 0.15) is 5.67 Å². The van der Waals surface area contributed by atoms with Gasteiger partial charge in [0, 0.05) is 0 Å². The van der Waals surface area contributed by atoms with Crippen LogP contribution in [0.2, 0.25) is 0 Å². The highest BCUT2D eigenvalue weighted by Crippen LogP contribution is 2.11. The van der Waals surface area contributed by atoms with Crippen LogP contribution in [0.1, 0.15) is 33.6 Å². The Labute approximate surface area is 63.0 Å². The third kappa shape index (κ3) is 7.89. The van der Waals surface area contributed by atoms with Crippen LogP contribution in [0, 0.1) is 0 Å². The topological polar surface area (TPSA) is 12.0 Å². The van der Waals surface area contributed by atoms with Gasteiger partial charge < -0.3 is 5.32 Å². The lowest BCUT2D eigenvalue weighted by Crippen LogP contribution is -2.23. The summed E-state index contributed by atoms with van der Waals surface area (Å²) >= 11 is 0. The Morgan fingerprint density at radius 1 is 1.30 bits per heavy atom. The number of nitrogens with one attached hydrogen (secondary N) is 1. The maximum Gasteiger partial charge on any atom is 0.106 e. The van der Waals surface area contributed by atoms with Gasteiger partial charge in [-0.05, 0) is 39.8 Å². The Balaban J connectivity index is 3.04. The molecule has 0 unspecified atom stereocenters. The smallest absolute Gasteiger partial charge is 0.106 e. The molecule has 0 fully saturated rings. The van der Waals surface area contributed by atoms with Crippen molar-refractivity contribution in [2.45, 2.75) is 39.3 Å². The first kappa shape index (κ1) is 9.89. The average molecular weight is 147 g/mol. The molecule has 0 aromatic rings. The molecule has 0 saturated heterocycles. The summed E-state index contributed by atoms with van der Waals surface area (Å²) in [4.78, 5) is 0. The van der Waals surface area contributed by atoms with Crippen molar-refractivity contribution in [1.82, 2.24) is 5.32 Å². The van der Waals surface area contributed by atoms with E-state index in [0.717, 1.165) is 19.5 Å². The molecular weight excluding hydrogens is 129 g/mol. The van der Waals surface area contributed by atoms with Crippen LogP contribution < -0.4 is 5.32 Å². The van der Waals surface area contributed by atoms with E-state index in [1.807, 2.05) is 0 Å². The second-order valence-corrected chi connectivity index (χ2v) is 3.22. The fourth-order valence-electron chi connectivity index (χ4n) is 0.687. The first-order valence-corrected chi connectivity index (χ1v) is 3.96. The van der Waals surface area contributed by atoms with Crippen molar-refractivity contribution in [2.24, 2.45) is 0 Å². The Bertz CT molecular complexity index is 75.8. The molecule has 0 aromatic heterocycles. The normalized spacial score (nSPS) is 12.0. The zero-order chi connectivity index (χ0) is 8.04. The predicted octanol–water partition coefficient (Wildman–Crippen LogP) is 2.12. The summed E-state index contributed by atoms with van der Waals surface area (Å²) in [6.07, 6.45) is 1.72. The van der Waals surface area contributed by atoms with Crippen molar-refractivity contribution in [1.29, 1.82) is 0 Å². The lowest BCUT2D eigenvalue weighted by molar-refractivity contribution is 0.200. The van der Waals surface area contributed by atoms with Crippen LogP contribution in [0.3, 0.4) is 0 Å². The molecule has 0 atom stereocenters. The molecule has 0 amide bonds. The van der Waals surface area contributed by atoms with Crippen molar-refractivity contribution >= 4 is 0 Å². The molecule has 1 N–H and O–H groups in total. The third-order valence-electron chi connectivity index (χ3n) is 1.32. The monoisotopic (exact) mass is 147 g/mol. The first-order chi connectivity index (χ1) is 4.56. The van der Waals surface area contributed by atoms with E-state index < -0.39 is 5.67 Å². The van der Waals surface area contributed by atoms with E-state index in [2.05, 4.69) is 12.2 Å². The zero-order valence-electron chi connectivity index (χ0n) is 7.21. The predicted molar refractivity (Wildman–Crippen MR) is 43.0 cm³/mol. The SMILES string of the molecule is CCCNCCC(C)(C)F. The van der Waals surface area contributed by atoms with E-state index in [9.17, 15) is 4.39 Å². The second kappa shape index (κ2) is 4.67. The molecule has 0 radical (unpaired) electrons. The third-order valence-corrected chi connectivity index (χ3v) is 1.32. The summed E-state index contributed by atoms with van der Waals surface area (Å²) in [5.74, 6) is 0. The van der Waals surface area contributed by atoms with E-state index in [1.54, 1.807) is 13.8 Å². The highest BCUT2D eigenvalue weighted by molar-refractivity contribution is 4.66. The standard InChI is InChI=1S/C8H18FN/c1-4-6-10-7-5-8(2,3)9/h10H,4-7H2,1-3H3. The van der Waals surface area contributed by atoms with Gasteiger partial charge in [-0.3, -0.25) is 0 Å². The van der Waals surface area contributed by atoms with Crippen LogP contribution in [0.25, 0.3) is 0 Å². The van der Waals surface area contributed by atoms with E-state index in [1.165, 1.54) is 0 Å². The summed E-state index contributed by atoms with van der Waals surface area (Å²) in [5, 5.41) is 3.15. The largest absolute Gasteiger partial charge is 0.317 e. The van der Waals surface area contributed by atoms with Crippen molar-refractivity contribution in [3.05, 3.63) is 0 Å². The van der Waals surface area contributed by atoms with E-state index in [4.69, 9.17) is 0 Å². The van der Waals surface area contributed by atoms with Gasteiger partial charge in [0.2, 0.25) is 0 Å². The lowest BCUT2D eigenvalue weighted by Gasteiger charge is -2.13. The summed E-state index contributed by atoms with van der Waals surface area (Å²) in [7, 11) is 0. The van der Waals surface area contributed by atoms with Crippen molar-refractivity contribution in [3.8, 4) is 0 Å². The Kier molecular flexibility index (Phi) is 4.62. The van der Waals surface area contributed by atoms with Crippen molar-refractivity contribution in [3.63, 3.8) is 0 Å². The van der Waals surface area contributed by atoms with Gasteiger partial charge in [-0.15, -0.1) is 0 Å². The number of alkyl halides is 1. The van der Waals surface area contributed by atoms with Crippen LogP contribution in [0.4, 0.5) is 4.39 Å². The first-order valence-electron chi connectivity index (χ1n) is 3.96. The van der Waals surface area contributed by atoms with Crippen LogP contribution in [0.5, 0.6) is 0 Å². The Hall–Kier alpha value is -0.110. The molecular formula is C8H18FN. The summed E-state index contributed by atoms with van der Waals surface area (Å²) in [6.45, 7) is 7.11. The molecule has 0 aliphatic rings. The van der Waals surface area contributed by atoms with E-state index in [-0.39, 0.29) is 0 Å². The van der Waals surface area contributed by atoms with Crippen molar-refractivity contribution < 1.29 is 4.39 Å². The highest BCUT2D eigenvalue weighted by Gasteiger charge is 2.13. The summed E-state index contributed by atoms with van der Waals surface area (Å²) in [5.41, 5.74) is -1.01. The molecule has 0 spiro atoms. The summed E-state index contributed by atoms with van der Waals surface area (Å²) in [6, 6.07) is 0. The molecule has 62 valence electrons. The molecule has 0 saturated carbocycles. The molecule has 2 heteroatoms. The molecule has 0 aliphatic heterocycles. The molecule has 1 nitrogen and oxygen atoms in total. The number of hydrogen-bond acceptors (Lipinski definition) is 1. The molecule has 0 rings (SSSR count). The Morgan fingerprint density at radius 3 is 2.30 bits per heavy atom. The van der Waals surface area contributed by atoms with Crippen LogP contribution in [-0.4, -0.2) is 18.8 Å². The van der Waals surface area contributed by atoms with Gasteiger partial charge in [-0.25, -0.2) is 4.39 Å². The van der Waals surface area contributed by atoms with Crippen molar-refractivity contribution in [2.75, 3.05) is 13.1 Å². The molecule has 0 bridgehead atoms. The van der Waals surface area contributed by atoms with Gasteiger partial charge in [-0.1, -0.05) is 6.92 Å². The highest BCUT2D eigenvalue weighted by atomic mass is 19.1. The van der Waals surface area contributed by atoms with E-state index >= 15 is 0 Å². The number of rotatable bonds is 5. The van der Waals surface area contributed by atoms with Crippen LogP contribution >= 0.6 is 0 Å². The van der Waals surface area contributed by atoms with Gasteiger partial charge in [0.15, 0.2) is 0 Å². The number of halogens is 1. The number of hydrogen-bond donors (Lipinski definition) is 1. The maximum absolute atomic E-state index is 12.8. The average Bonchev–Trinajstić information content (AvgIpc) is 1.78. The zero-order valence-corrected chi connectivity index (χ0v) is 7.21. The molecule has 0 aliphatic carbocycles. The quantitative estimate of drug-likeness (QED) is 0.587. The fourth-order valence-corrected chi connectivity index (χ4v) is 0.687. The van der Waals surface area contributed by atoms with Gasteiger partial charge >= 0.3 is 0 Å². The summed E-state index contributed by atoms with van der Waals surface area (Å²) < 4.78 is 12.8. The van der Waals surface area contributed by atoms with Crippen LogP contribution in [-0.2, 0) is 0 Å². The van der Waals surface area contributed by atoms with E-state index in [0.29, 0.717) is 6.42 Å². The molecule has 0 aromatic carbocycles. The van der Waals surface area contributed by atoms with Gasteiger partial charge in [0.05, 0.1) is 0 Å². The molecule has 10 heavy (non-hydrogen) atoms. The van der Waals surface area contributed by atoms with Gasteiger partial charge in [0.25, 0.3) is 0 Å². The minimum absolute atomic E-state index is 0.604. The lowest BCUT2D eigenvalue weighted by atomic mass is 10.1.